The molecule has 0 fully saturated rings. The Balaban J connectivity index is 2.42. The third kappa shape index (κ3) is 2.18. The molecular weight excluding hydrogens is 268 g/mol. The molecule has 0 saturated heterocycles. The molecule has 1 aromatic heterocycles. The number of nitrogens with zero attached hydrogens (tertiary/aromatic N) is 2. The Morgan fingerprint density at radius 1 is 1.10 bits per heavy atom. The normalized spacial score (nSPS) is 10.7. The molecule has 21 heavy (non-hydrogen) atoms. The lowest BCUT2D eigenvalue weighted by molar-refractivity contribution is 0.0691. The van der Waals surface area contributed by atoms with Crippen LogP contribution in [0.2, 0.25) is 0 Å². The summed E-state index contributed by atoms with van der Waals surface area (Å²) in [6, 6.07) is 13.8. The van der Waals surface area contributed by atoms with E-state index in [0.29, 0.717) is 16.5 Å². The maximum absolute atomic E-state index is 12.5. The number of rotatable bonds is 2. The number of hydrogen-bond acceptors (Lipinski definition) is 3. The lowest BCUT2D eigenvalue weighted by Crippen LogP contribution is -2.24. The van der Waals surface area contributed by atoms with Crippen LogP contribution in [0.3, 0.4) is 0 Å². The second kappa shape index (κ2) is 4.86. The number of aromatic nitrogens is 2. The van der Waals surface area contributed by atoms with Crippen molar-refractivity contribution in [3.05, 3.63) is 70.1 Å². The molecule has 104 valence electrons. The smallest absolute Gasteiger partial charge is 0.357 e. The first-order valence-electron chi connectivity index (χ1n) is 6.40. The van der Waals surface area contributed by atoms with E-state index in [0.717, 1.165) is 10.2 Å². The highest BCUT2D eigenvalue weighted by atomic mass is 16.4. The fourth-order valence-electron chi connectivity index (χ4n) is 2.28. The zero-order valence-corrected chi connectivity index (χ0v) is 11.3. The van der Waals surface area contributed by atoms with Gasteiger partial charge in [0.1, 0.15) is 0 Å². The summed E-state index contributed by atoms with van der Waals surface area (Å²) in [5.74, 6) is -1.16. The van der Waals surface area contributed by atoms with Crippen molar-refractivity contribution in [1.82, 2.24) is 9.78 Å². The van der Waals surface area contributed by atoms with E-state index in [1.165, 1.54) is 0 Å². The predicted molar refractivity (Wildman–Crippen MR) is 79.0 cm³/mol. The van der Waals surface area contributed by atoms with Crippen LogP contribution in [0, 0.1) is 6.92 Å². The lowest BCUT2D eigenvalue weighted by Gasteiger charge is -2.09. The van der Waals surface area contributed by atoms with Crippen LogP contribution >= 0.6 is 0 Å². The number of aromatic carboxylic acids is 1. The summed E-state index contributed by atoms with van der Waals surface area (Å²) in [5.41, 5.74) is 1.05. The third-order valence-electron chi connectivity index (χ3n) is 3.25. The fourth-order valence-corrected chi connectivity index (χ4v) is 2.28. The van der Waals surface area contributed by atoms with Crippen LogP contribution in [0.1, 0.15) is 16.1 Å². The first kappa shape index (κ1) is 13.1. The molecule has 0 radical (unpaired) electrons. The number of carbonyl (C=O) groups is 1. The predicted octanol–water partition coefficient (Wildman–Crippen LogP) is 2.39. The van der Waals surface area contributed by atoms with Gasteiger partial charge in [0.25, 0.3) is 5.56 Å². The number of fused-ring (bicyclic) bond motifs is 1. The molecule has 0 saturated carbocycles. The molecule has 0 spiro atoms. The fraction of sp³-hybridized carbons (Fsp3) is 0.0625. The molecular formula is C16H12N2O3. The Bertz CT molecular complexity index is 913. The molecule has 2 aromatic carbocycles. The van der Waals surface area contributed by atoms with Crippen LogP contribution < -0.4 is 5.56 Å². The molecule has 0 unspecified atom stereocenters. The van der Waals surface area contributed by atoms with Gasteiger partial charge in [0, 0.05) is 5.39 Å². The van der Waals surface area contributed by atoms with Gasteiger partial charge in [0.05, 0.1) is 11.1 Å². The van der Waals surface area contributed by atoms with Gasteiger partial charge in [-0.1, -0.05) is 30.3 Å². The minimum absolute atomic E-state index is 0.133. The first-order valence-corrected chi connectivity index (χ1v) is 6.40. The van der Waals surface area contributed by atoms with E-state index < -0.39 is 5.97 Å². The Kier molecular flexibility index (Phi) is 3.02. The quantitative estimate of drug-likeness (QED) is 0.782. The van der Waals surface area contributed by atoms with Crippen molar-refractivity contribution in [2.45, 2.75) is 6.92 Å². The van der Waals surface area contributed by atoms with E-state index in [2.05, 4.69) is 5.10 Å². The highest BCUT2D eigenvalue weighted by molar-refractivity contribution is 6.01. The second-order valence-electron chi connectivity index (χ2n) is 4.76. The molecule has 0 aliphatic carbocycles. The summed E-state index contributed by atoms with van der Waals surface area (Å²) in [6.07, 6.45) is 0. The minimum atomic E-state index is -1.16. The molecule has 0 aliphatic heterocycles. The van der Waals surface area contributed by atoms with Crippen LogP contribution in [0.25, 0.3) is 16.5 Å². The van der Waals surface area contributed by atoms with Crippen molar-refractivity contribution in [3.8, 4) is 5.69 Å². The summed E-state index contributed by atoms with van der Waals surface area (Å²) in [4.78, 5) is 23.9. The average molecular weight is 280 g/mol. The number of hydrogen-bond donors (Lipinski definition) is 1. The SMILES string of the molecule is Cc1cccc(-n2nc(C(=O)O)c3ccccc3c2=O)c1. The second-order valence-corrected chi connectivity index (χ2v) is 4.76. The largest absolute Gasteiger partial charge is 0.476 e. The van der Waals surface area contributed by atoms with Crippen LogP contribution in [-0.4, -0.2) is 20.9 Å². The average Bonchev–Trinajstić information content (AvgIpc) is 2.47. The molecule has 0 amide bonds. The van der Waals surface area contributed by atoms with Gasteiger partial charge in [-0.25, -0.2) is 4.79 Å². The van der Waals surface area contributed by atoms with Gasteiger partial charge in [-0.05, 0) is 30.7 Å². The zero-order valence-electron chi connectivity index (χ0n) is 11.3. The van der Waals surface area contributed by atoms with E-state index in [1.807, 2.05) is 13.0 Å². The van der Waals surface area contributed by atoms with Crippen molar-refractivity contribution in [3.63, 3.8) is 0 Å². The Hall–Kier alpha value is -2.95. The Labute approximate surface area is 120 Å². The van der Waals surface area contributed by atoms with Crippen molar-refractivity contribution < 1.29 is 9.90 Å². The number of aryl methyl sites for hydroxylation is 1. The summed E-state index contributed by atoms with van der Waals surface area (Å²) < 4.78 is 1.14. The van der Waals surface area contributed by atoms with Crippen molar-refractivity contribution in [1.29, 1.82) is 0 Å². The maximum atomic E-state index is 12.5. The lowest BCUT2D eigenvalue weighted by atomic mass is 10.1. The van der Waals surface area contributed by atoms with E-state index >= 15 is 0 Å². The van der Waals surface area contributed by atoms with E-state index in [1.54, 1.807) is 42.5 Å². The van der Waals surface area contributed by atoms with Crippen LogP contribution in [0.4, 0.5) is 0 Å². The molecule has 3 rings (SSSR count). The molecule has 0 aliphatic rings. The van der Waals surface area contributed by atoms with Crippen molar-refractivity contribution >= 4 is 16.7 Å². The van der Waals surface area contributed by atoms with Gasteiger partial charge in [0.2, 0.25) is 0 Å². The monoisotopic (exact) mass is 280 g/mol. The minimum Gasteiger partial charge on any atom is -0.476 e. The number of benzene rings is 2. The highest BCUT2D eigenvalue weighted by Crippen LogP contribution is 2.15. The summed E-state index contributed by atoms with van der Waals surface area (Å²) in [7, 11) is 0. The van der Waals surface area contributed by atoms with E-state index in [4.69, 9.17) is 0 Å². The molecule has 5 heteroatoms. The van der Waals surface area contributed by atoms with Gasteiger partial charge in [0.15, 0.2) is 5.69 Å². The van der Waals surface area contributed by atoms with Crippen molar-refractivity contribution in [2.24, 2.45) is 0 Å². The topological polar surface area (TPSA) is 72.2 Å². The Morgan fingerprint density at radius 3 is 2.48 bits per heavy atom. The molecule has 0 atom stereocenters. The molecule has 1 heterocycles. The summed E-state index contributed by atoms with van der Waals surface area (Å²) in [6.45, 7) is 1.90. The zero-order chi connectivity index (χ0) is 15.0. The van der Waals surface area contributed by atoms with Gasteiger partial charge >= 0.3 is 5.97 Å². The molecule has 5 nitrogen and oxygen atoms in total. The van der Waals surface area contributed by atoms with Crippen LogP contribution in [-0.2, 0) is 0 Å². The van der Waals surface area contributed by atoms with Gasteiger partial charge in [-0.2, -0.15) is 9.78 Å². The maximum Gasteiger partial charge on any atom is 0.357 e. The van der Waals surface area contributed by atoms with Gasteiger partial charge in [-0.15, -0.1) is 0 Å². The molecule has 3 aromatic rings. The van der Waals surface area contributed by atoms with Crippen molar-refractivity contribution in [2.75, 3.05) is 0 Å². The highest BCUT2D eigenvalue weighted by Gasteiger charge is 2.16. The summed E-state index contributed by atoms with van der Waals surface area (Å²) in [5, 5.41) is 14.0. The first-order chi connectivity index (χ1) is 10.1. The Morgan fingerprint density at radius 2 is 1.81 bits per heavy atom. The van der Waals surface area contributed by atoms with E-state index in [9.17, 15) is 14.7 Å². The van der Waals surface area contributed by atoms with E-state index in [-0.39, 0.29) is 11.3 Å². The molecule has 0 bridgehead atoms. The standard InChI is InChI=1S/C16H12N2O3/c1-10-5-4-6-11(9-10)18-15(19)13-8-3-2-7-12(13)14(17-18)16(20)21/h2-9H,1H3,(H,20,21). The van der Waals surface area contributed by atoms with Crippen LogP contribution in [0.5, 0.6) is 0 Å². The van der Waals surface area contributed by atoms with Gasteiger partial charge < -0.3 is 5.11 Å². The number of carboxylic acids is 1. The van der Waals surface area contributed by atoms with Crippen LogP contribution in [0.15, 0.2) is 53.3 Å². The third-order valence-corrected chi connectivity index (χ3v) is 3.25. The molecule has 1 N–H and O–H groups in total. The van der Waals surface area contributed by atoms with Gasteiger partial charge in [-0.3, -0.25) is 4.79 Å². The summed E-state index contributed by atoms with van der Waals surface area (Å²) >= 11 is 0. The number of carboxylic acid groups (broad SMARTS) is 1.